The molecule has 27 heavy (non-hydrogen) atoms. The van der Waals surface area contributed by atoms with Crippen molar-refractivity contribution >= 4 is 22.8 Å². The Hall–Kier alpha value is -4.07. The first-order chi connectivity index (χ1) is 13.0. The van der Waals surface area contributed by atoms with E-state index in [2.05, 4.69) is 10.1 Å². The van der Waals surface area contributed by atoms with E-state index >= 15 is 0 Å². The molecule has 2 heterocycles. The number of nitro groups is 1. The monoisotopic (exact) mass is 361 g/mol. The molecular formula is C19H11N3O5. The van der Waals surface area contributed by atoms with Gasteiger partial charge in [0.15, 0.2) is 0 Å². The van der Waals surface area contributed by atoms with Crippen molar-refractivity contribution in [2.75, 3.05) is 0 Å². The molecule has 0 unspecified atom stereocenters. The summed E-state index contributed by atoms with van der Waals surface area (Å²) in [5.41, 5.74) is 1.63. The maximum absolute atomic E-state index is 11.8. The predicted octanol–water partition coefficient (Wildman–Crippen LogP) is 4.16. The standard InChI is InChI=1S/C19H11N3O5/c23-19(24)14-10-15(12-7-4-8-13(9-12)22(25)26)20-18-16(14)17(21-27-18)11-5-2-1-3-6-11/h1-10H,(H,23,24). The molecule has 4 aromatic rings. The number of fused-ring (bicyclic) bond motifs is 1. The normalized spacial score (nSPS) is 10.8. The van der Waals surface area contributed by atoms with Crippen LogP contribution in [0.4, 0.5) is 5.69 Å². The highest BCUT2D eigenvalue weighted by Gasteiger charge is 2.22. The summed E-state index contributed by atoms with van der Waals surface area (Å²) in [4.78, 5) is 26.6. The lowest BCUT2D eigenvalue weighted by Crippen LogP contribution is -2.00. The zero-order chi connectivity index (χ0) is 19.0. The minimum absolute atomic E-state index is 0.0402. The van der Waals surface area contributed by atoms with E-state index in [0.29, 0.717) is 16.8 Å². The van der Waals surface area contributed by atoms with Crippen molar-refractivity contribution in [3.05, 3.63) is 76.3 Å². The molecule has 0 aliphatic rings. The number of aromatic nitrogens is 2. The summed E-state index contributed by atoms with van der Waals surface area (Å²) in [7, 11) is 0. The largest absolute Gasteiger partial charge is 0.478 e. The van der Waals surface area contributed by atoms with Crippen molar-refractivity contribution < 1.29 is 19.3 Å². The topological polar surface area (TPSA) is 119 Å². The average Bonchev–Trinajstić information content (AvgIpc) is 3.12. The van der Waals surface area contributed by atoms with Gasteiger partial charge in [-0.3, -0.25) is 10.1 Å². The van der Waals surface area contributed by atoms with Gasteiger partial charge in [0.1, 0.15) is 5.69 Å². The number of carbonyl (C=O) groups is 1. The number of aromatic carboxylic acids is 1. The lowest BCUT2D eigenvalue weighted by Gasteiger charge is -2.04. The summed E-state index contributed by atoms with van der Waals surface area (Å²) in [6.07, 6.45) is 0. The van der Waals surface area contributed by atoms with Gasteiger partial charge in [0.2, 0.25) is 0 Å². The number of nitrogens with zero attached hydrogens (tertiary/aromatic N) is 3. The van der Waals surface area contributed by atoms with Crippen molar-refractivity contribution in [1.29, 1.82) is 0 Å². The molecule has 0 atom stereocenters. The zero-order valence-corrected chi connectivity index (χ0v) is 13.7. The van der Waals surface area contributed by atoms with E-state index in [1.54, 1.807) is 30.3 Å². The van der Waals surface area contributed by atoms with E-state index < -0.39 is 10.9 Å². The quantitative estimate of drug-likeness (QED) is 0.428. The van der Waals surface area contributed by atoms with Crippen LogP contribution in [-0.2, 0) is 0 Å². The molecule has 0 saturated carbocycles. The highest BCUT2D eigenvalue weighted by Crippen LogP contribution is 2.33. The number of carboxylic acids is 1. The molecule has 0 aliphatic carbocycles. The van der Waals surface area contributed by atoms with Gasteiger partial charge in [-0.05, 0) is 6.07 Å². The van der Waals surface area contributed by atoms with Crippen LogP contribution in [-0.4, -0.2) is 26.1 Å². The van der Waals surface area contributed by atoms with Crippen LogP contribution in [0.2, 0.25) is 0 Å². The van der Waals surface area contributed by atoms with Crippen molar-refractivity contribution in [1.82, 2.24) is 10.1 Å². The highest BCUT2D eigenvalue weighted by molar-refractivity contribution is 6.07. The number of benzene rings is 2. The van der Waals surface area contributed by atoms with Crippen molar-refractivity contribution in [3.63, 3.8) is 0 Å². The molecule has 0 bridgehead atoms. The first kappa shape index (κ1) is 16.4. The summed E-state index contributed by atoms with van der Waals surface area (Å²) in [6, 6.07) is 16.2. The molecule has 0 spiro atoms. The molecule has 0 saturated heterocycles. The third kappa shape index (κ3) is 2.89. The first-order valence-corrected chi connectivity index (χ1v) is 7.88. The fourth-order valence-electron chi connectivity index (χ4n) is 2.84. The van der Waals surface area contributed by atoms with Crippen LogP contribution in [0.25, 0.3) is 33.6 Å². The number of hydrogen-bond acceptors (Lipinski definition) is 6. The van der Waals surface area contributed by atoms with E-state index in [1.807, 2.05) is 6.07 Å². The Kier molecular flexibility index (Phi) is 3.85. The number of rotatable bonds is 4. The van der Waals surface area contributed by atoms with Gasteiger partial charge >= 0.3 is 5.97 Å². The van der Waals surface area contributed by atoms with Crippen LogP contribution < -0.4 is 0 Å². The number of hydrogen-bond donors (Lipinski definition) is 1. The van der Waals surface area contributed by atoms with Crippen LogP contribution in [0.5, 0.6) is 0 Å². The molecule has 0 fully saturated rings. The highest BCUT2D eigenvalue weighted by atomic mass is 16.6. The van der Waals surface area contributed by atoms with Crippen molar-refractivity contribution in [2.45, 2.75) is 0 Å². The summed E-state index contributed by atoms with van der Waals surface area (Å²) >= 11 is 0. The summed E-state index contributed by atoms with van der Waals surface area (Å²) in [6.45, 7) is 0. The van der Waals surface area contributed by atoms with E-state index in [4.69, 9.17) is 4.52 Å². The molecule has 0 aliphatic heterocycles. The molecule has 2 aromatic carbocycles. The molecule has 8 heteroatoms. The predicted molar refractivity (Wildman–Crippen MR) is 96.3 cm³/mol. The fraction of sp³-hybridized carbons (Fsp3) is 0. The minimum Gasteiger partial charge on any atom is -0.478 e. The first-order valence-electron chi connectivity index (χ1n) is 7.88. The Morgan fingerprint density at radius 3 is 2.48 bits per heavy atom. The number of carboxylic acid groups (broad SMARTS) is 1. The van der Waals surface area contributed by atoms with Gasteiger partial charge in [-0.15, -0.1) is 0 Å². The molecule has 1 N–H and O–H groups in total. The molecular weight excluding hydrogens is 350 g/mol. The Labute approximate surface area is 151 Å². The third-order valence-electron chi connectivity index (χ3n) is 4.08. The average molecular weight is 361 g/mol. The number of non-ortho nitro benzene ring substituents is 1. The van der Waals surface area contributed by atoms with Gasteiger partial charge < -0.3 is 9.63 Å². The van der Waals surface area contributed by atoms with Gasteiger partial charge in [-0.2, -0.15) is 0 Å². The third-order valence-corrected chi connectivity index (χ3v) is 4.08. The second kappa shape index (κ2) is 6.34. The van der Waals surface area contributed by atoms with Crippen LogP contribution in [0, 0.1) is 10.1 Å². The minimum atomic E-state index is -1.17. The van der Waals surface area contributed by atoms with Crippen LogP contribution in [0.1, 0.15) is 10.4 Å². The molecule has 2 aromatic heterocycles. The maximum atomic E-state index is 11.8. The van der Waals surface area contributed by atoms with Gasteiger partial charge in [0.25, 0.3) is 11.4 Å². The lowest BCUT2D eigenvalue weighted by molar-refractivity contribution is -0.384. The van der Waals surface area contributed by atoms with Crippen LogP contribution in [0.3, 0.4) is 0 Å². The van der Waals surface area contributed by atoms with Crippen molar-refractivity contribution in [3.8, 4) is 22.5 Å². The van der Waals surface area contributed by atoms with Gasteiger partial charge in [0.05, 0.1) is 21.6 Å². The van der Waals surface area contributed by atoms with Crippen LogP contribution >= 0.6 is 0 Å². The van der Waals surface area contributed by atoms with Gasteiger partial charge in [-0.1, -0.05) is 47.6 Å². The summed E-state index contributed by atoms with van der Waals surface area (Å²) in [5.74, 6) is -1.17. The van der Waals surface area contributed by atoms with Crippen LogP contribution in [0.15, 0.2) is 65.2 Å². The summed E-state index contributed by atoms with van der Waals surface area (Å²) in [5, 5.41) is 24.9. The van der Waals surface area contributed by atoms with Crippen molar-refractivity contribution in [2.24, 2.45) is 0 Å². The van der Waals surface area contributed by atoms with E-state index in [9.17, 15) is 20.0 Å². The zero-order valence-electron chi connectivity index (χ0n) is 13.7. The van der Waals surface area contributed by atoms with E-state index in [1.165, 1.54) is 24.3 Å². The molecule has 8 nitrogen and oxygen atoms in total. The molecule has 0 amide bonds. The fourth-order valence-corrected chi connectivity index (χ4v) is 2.84. The van der Waals surface area contributed by atoms with Gasteiger partial charge in [0, 0.05) is 23.3 Å². The molecule has 0 radical (unpaired) electrons. The maximum Gasteiger partial charge on any atom is 0.336 e. The Morgan fingerprint density at radius 2 is 1.78 bits per heavy atom. The molecule has 132 valence electrons. The smallest absolute Gasteiger partial charge is 0.336 e. The van der Waals surface area contributed by atoms with E-state index in [0.717, 1.165) is 0 Å². The second-order valence-electron chi connectivity index (χ2n) is 5.75. The lowest BCUT2D eigenvalue weighted by atomic mass is 10.0. The van der Waals surface area contributed by atoms with Gasteiger partial charge in [-0.25, -0.2) is 9.78 Å². The Bertz CT molecular complexity index is 1180. The Balaban J connectivity index is 1.95. The SMILES string of the molecule is O=C(O)c1cc(-c2cccc([N+](=O)[O-])c2)nc2onc(-c3ccccc3)c12. The Morgan fingerprint density at radius 1 is 1.04 bits per heavy atom. The number of pyridine rings is 1. The molecule has 4 rings (SSSR count). The summed E-state index contributed by atoms with van der Waals surface area (Å²) < 4.78 is 5.28. The number of nitro benzene ring substituents is 1. The van der Waals surface area contributed by atoms with E-state index in [-0.39, 0.29) is 28.0 Å². The second-order valence-corrected chi connectivity index (χ2v) is 5.75.